The van der Waals surface area contributed by atoms with Crippen molar-refractivity contribution in [1.29, 1.82) is 5.26 Å². The molecule has 0 bridgehead atoms. The van der Waals surface area contributed by atoms with Crippen LogP contribution < -0.4 is 10.6 Å². The van der Waals surface area contributed by atoms with Crippen LogP contribution in [0.5, 0.6) is 0 Å². The average molecular weight is 238 g/mol. The molecule has 4 heteroatoms. The van der Waals surface area contributed by atoms with Crippen LogP contribution in [0.4, 0.5) is 17.2 Å². The molecule has 1 heterocycles. The fourth-order valence-electron chi connectivity index (χ4n) is 1.80. The summed E-state index contributed by atoms with van der Waals surface area (Å²) in [5.41, 5.74) is 8.81. The van der Waals surface area contributed by atoms with Crippen LogP contribution >= 0.6 is 0 Å². The van der Waals surface area contributed by atoms with Gasteiger partial charge in [0.25, 0.3) is 0 Å². The van der Waals surface area contributed by atoms with Gasteiger partial charge in [0.15, 0.2) is 5.82 Å². The van der Waals surface area contributed by atoms with Crippen molar-refractivity contribution in [2.24, 2.45) is 0 Å². The first-order chi connectivity index (χ1) is 8.63. The lowest BCUT2D eigenvalue weighted by Gasteiger charge is -2.21. The number of rotatable bonds is 2. The van der Waals surface area contributed by atoms with Crippen molar-refractivity contribution in [3.8, 4) is 6.07 Å². The molecule has 0 aliphatic carbocycles. The number of anilines is 3. The molecule has 0 radical (unpaired) electrons. The fourth-order valence-corrected chi connectivity index (χ4v) is 1.80. The lowest BCUT2D eigenvalue weighted by atomic mass is 10.1. The maximum atomic E-state index is 9.11. The van der Waals surface area contributed by atoms with E-state index >= 15 is 0 Å². The van der Waals surface area contributed by atoms with Crippen molar-refractivity contribution in [2.45, 2.75) is 6.92 Å². The Morgan fingerprint density at radius 2 is 1.94 bits per heavy atom. The van der Waals surface area contributed by atoms with E-state index < -0.39 is 0 Å². The molecular weight excluding hydrogens is 224 g/mol. The van der Waals surface area contributed by atoms with E-state index in [9.17, 15) is 0 Å². The zero-order chi connectivity index (χ0) is 13.1. The molecule has 1 aromatic heterocycles. The lowest BCUT2D eigenvalue weighted by Crippen LogP contribution is -2.15. The van der Waals surface area contributed by atoms with Crippen molar-refractivity contribution in [2.75, 3.05) is 17.7 Å². The topological polar surface area (TPSA) is 65.9 Å². The van der Waals surface area contributed by atoms with Crippen LogP contribution in [0, 0.1) is 18.3 Å². The van der Waals surface area contributed by atoms with Gasteiger partial charge in [-0.15, -0.1) is 0 Å². The molecule has 0 aliphatic rings. The molecule has 2 N–H and O–H groups in total. The number of pyridine rings is 1. The maximum absolute atomic E-state index is 9.11. The molecule has 2 aromatic rings. The lowest BCUT2D eigenvalue weighted by molar-refractivity contribution is 1.09. The smallest absolute Gasteiger partial charge is 0.156 e. The van der Waals surface area contributed by atoms with Crippen molar-refractivity contribution in [1.82, 2.24) is 4.98 Å². The number of aromatic nitrogens is 1. The Morgan fingerprint density at radius 1 is 1.22 bits per heavy atom. The van der Waals surface area contributed by atoms with E-state index in [1.54, 1.807) is 6.07 Å². The van der Waals surface area contributed by atoms with E-state index in [4.69, 9.17) is 11.0 Å². The Bertz CT molecular complexity index is 613. The van der Waals surface area contributed by atoms with Crippen molar-refractivity contribution >= 4 is 17.2 Å². The summed E-state index contributed by atoms with van der Waals surface area (Å²) in [6, 6.07) is 13.2. The van der Waals surface area contributed by atoms with Gasteiger partial charge in [0.05, 0.1) is 16.9 Å². The zero-order valence-electron chi connectivity index (χ0n) is 10.4. The summed E-state index contributed by atoms with van der Waals surface area (Å²) < 4.78 is 0. The number of nitrogens with zero attached hydrogens (tertiary/aromatic N) is 3. The minimum Gasteiger partial charge on any atom is -0.396 e. The van der Waals surface area contributed by atoms with Crippen LogP contribution in [0.25, 0.3) is 0 Å². The SMILES string of the molecule is Cc1ccc(N)c(N(C)c2ccccc2C#N)n1. The van der Waals surface area contributed by atoms with Crippen molar-refractivity contribution in [3.63, 3.8) is 0 Å². The summed E-state index contributed by atoms with van der Waals surface area (Å²) in [5, 5.41) is 9.11. The van der Waals surface area contributed by atoms with E-state index in [0.717, 1.165) is 11.4 Å². The molecule has 2 rings (SSSR count). The summed E-state index contributed by atoms with van der Waals surface area (Å²) in [7, 11) is 1.86. The second-order valence-corrected chi connectivity index (χ2v) is 4.05. The second-order valence-electron chi connectivity index (χ2n) is 4.05. The van der Waals surface area contributed by atoms with E-state index in [0.29, 0.717) is 17.1 Å². The van der Waals surface area contributed by atoms with E-state index in [1.165, 1.54) is 0 Å². The summed E-state index contributed by atoms with van der Waals surface area (Å²) in [5.74, 6) is 0.665. The summed E-state index contributed by atoms with van der Waals surface area (Å²) >= 11 is 0. The third kappa shape index (κ3) is 2.11. The number of benzene rings is 1. The normalized spacial score (nSPS) is 9.83. The highest BCUT2D eigenvalue weighted by Gasteiger charge is 2.12. The minimum absolute atomic E-state index is 0.593. The Hall–Kier alpha value is -2.54. The number of nitrogen functional groups attached to an aromatic ring is 1. The van der Waals surface area contributed by atoms with E-state index in [1.807, 2.05) is 49.2 Å². The fraction of sp³-hybridized carbons (Fsp3) is 0.143. The zero-order valence-corrected chi connectivity index (χ0v) is 10.4. The van der Waals surface area contributed by atoms with E-state index in [-0.39, 0.29) is 0 Å². The predicted molar refractivity (Wildman–Crippen MR) is 72.6 cm³/mol. The maximum Gasteiger partial charge on any atom is 0.156 e. The molecule has 0 aliphatic heterocycles. The average Bonchev–Trinajstić information content (AvgIpc) is 2.40. The largest absolute Gasteiger partial charge is 0.396 e. The van der Waals surface area contributed by atoms with Gasteiger partial charge in [0.2, 0.25) is 0 Å². The predicted octanol–water partition coefficient (Wildman–Crippen LogP) is 2.61. The first kappa shape index (κ1) is 11.9. The molecule has 4 nitrogen and oxygen atoms in total. The first-order valence-electron chi connectivity index (χ1n) is 5.59. The van der Waals surface area contributed by atoms with Gasteiger partial charge >= 0.3 is 0 Å². The van der Waals surface area contributed by atoms with Gasteiger partial charge in [-0.2, -0.15) is 5.26 Å². The number of hydrogen-bond donors (Lipinski definition) is 1. The Morgan fingerprint density at radius 3 is 2.67 bits per heavy atom. The number of hydrogen-bond acceptors (Lipinski definition) is 4. The molecule has 0 amide bonds. The van der Waals surface area contributed by atoms with Crippen LogP contribution in [0.15, 0.2) is 36.4 Å². The molecule has 90 valence electrons. The minimum atomic E-state index is 0.593. The summed E-state index contributed by atoms with van der Waals surface area (Å²) in [6.45, 7) is 1.91. The monoisotopic (exact) mass is 238 g/mol. The Labute approximate surface area is 106 Å². The number of aryl methyl sites for hydroxylation is 1. The quantitative estimate of drug-likeness (QED) is 0.873. The molecule has 0 saturated carbocycles. The van der Waals surface area contributed by atoms with Gasteiger partial charge in [-0.1, -0.05) is 12.1 Å². The Balaban J connectivity index is 2.51. The first-order valence-corrected chi connectivity index (χ1v) is 5.59. The summed E-state index contributed by atoms with van der Waals surface area (Å²) in [4.78, 5) is 6.25. The highest BCUT2D eigenvalue weighted by Crippen LogP contribution is 2.29. The molecule has 1 aromatic carbocycles. The van der Waals surface area contributed by atoms with Crippen LogP contribution in [-0.2, 0) is 0 Å². The van der Waals surface area contributed by atoms with Crippen LogP contribution in [0.3, 0.4) is 0 Å². The van der Waals surface area contributed by atoms with Crippen molar-refractivity contribution in [3.05, 3.63) is 47.7 Å². The standard InChI is InChI=1S/C14H14N4/c1-10-7-8-12(16)14(17-10)18(2)13-6-4-3-5-11(13)9-15/h3-8H,16H2,1-2H3. The molecule has 18 heavy (non-hydrogen) atoms. The third-order valence-corrected chi connectivity index (χ3v) is 2.75. The third-order valence-electron chi connectivity index (χ3n) is 2.75. The molecule has 0 unspecified atom stereocenters. The van der Waals surface area contributed by atoms with E-state index in [2.05, 4.69) is 11.1 Å². The van der Waals surface area contributed by atoms with Gasteiger partial charge in [-0.05, 0) is 31.2 Å². The van der Waals surface area contributed by atoms with Gasteiger partial charge in [-0.25, -0.2) is 4.98 Å². The highest BCUT2D eigenvalue weighted by atomic mass is 15.2. The second kappa shape index (κ2) is 4.76. The molecule has 0 saturated heterocycles. The molecule has 0 spiro atoms. The van der Waals surface area contributed by atoms with Crippen LogP contribution in [-0.4, -0.2) is 12.0 Å². The molecule has 0 atom stereocenters. The summed E-state index contributed by atoms with van der Waals surface area (Å²) in [6.07, 6.45) is 0. The van der Waals surface area contributed by atoms with Crippen LogP contribution in [0.2, 0.25) is 0 Å². The highest BCUT2D eigenvalue weighted by molar-refractivity contribution is 5.74. The van der Waals surface area contributed by atoms with Gasteiger partial charge in [-0.3, -0.25) is 0 Å². The van der Waals surface area contributed by atoms with Gasteiger partial charge in [0, 0.05) is 12.7 Å². The number of nitriles is 1. The van der Waals surface area contributed by atoms with Gasteiger partial charge in [0.1, 0.15) is 6.07 Å². The van der Waals surface area contributed by atoms with Crippen molar-refractivity contribution < 1.29 is 0 Å². The number of para-hydroxylation sites is 1. The van der Waals surface area contributed by atoms with Gasteiger partial charge < -0.3 is 10.6 Å². The molecular formula is C14H14N4. The Kier molecular flexibility index (Phi) is 3.16. The molecule has 0 fully saturated rings. The number of nitrogens with two attached hydrogens (primary N) is 1. The van der Waals surface area contributed by atoms with Crippen LogP contribution in [0.1, 0.15) is 11.3 Å².